The number of aliphatic hydroxyl groups excluding tert-OH is 8. The topological polar surface area (TPSA) is 578 Å². The summed E-state index contributed by atoms with van der Waals surface area (Å²) in [6.07, 6.45) is 1.71. The largest absolute Gasteiger partial charge is 1.00 e. The van der Waals surface area contributed by atoms with Crippen molar-refractivity contribution in [1.82, 2.24) is 0 Å². The van der Waals surface area contributed by atoms with E-state index in [2.05, 4.69) is 82.0 Å². The number of nitrogens with two attached hydrogens (primary N) is 2. The fourth-order valence-electron chi connectivity index (χ4n) is 14.1. The quantitative estimate of drug-likeness (QED) is 0.00433. The Morgan fingerprint density at radius 2 is 0.693 bits per heavy atom. The van der Waals surface area contributed by atoms with Crippen LogP contribution in [0.4, 0.5) is 34.1 Å². The maximum atomic E-state index is 11.2. The van der Waals surface area contributed by atoms with Crippen LogP contribution in [0.1, 0.15) is 202 Å². The Kier molecular flexibility index (Phi) is 55.8. The first-order chi connectivity index (χ1) is 63.6. The Balaban J connectivity index is 0.000000547. The summed E-state index contributed by atoms with van der Waals surface area (Å²) < 4.78 is 160. The number of ether oxygens (including phenoxy) is 6. The zero-order chi connectivity index (χ0) is 103. The standard InChI is InChI=1S/C23H37NO4.C17H28N2O5.C17H30N2O4.2C10H8O6S2.C9H13N.C7H13ClO2.C2H6.HNO2.Na/c1-17(2)18-8-7-9-19(14-18)24(12-10-20-15-25-22(3,4)27-20)13-11-21-16-26-23(5,6)28-21;1-12(2)16-9-13(3-4-17(16)18-24)19(7-5-14(22)10-20)8-6-15(23)11-21;1-12(2)16-9-13(3-4-17(16)18)19(7-5-14(22)10-20)8-6-15(23)11-21;2*11-17(12,13)9-5-1-3-7-8(9)4-2-6-10(7)18(14,15)16;1-7(2)8-4-3-5-9(10)6-8;1-7(2)9-5-6(10-7)3-4-8;1-2;2-1-3;/h7-9,14,17,20-21H,10-13,15-16H2,1-6H3;3-4,9,12,14-15,20-23H,5-8,10-11H2,1-2H3;3-4,9,12,14-15,20-23H,5-8,10-11,18H2,1-2H3;2*1-6H,(H,11,12,13)(H,14,15,16);3-7H,10H2,1-2H3;6H,3-5H2,1-2H3;1-2H3;(H,2,3);/q;;;;;;;;;+1/p-1. The summed E-state index contributed by atoms with van der Waals surface area (Å²) in [5, 5.41) is 86.3. The maximum Gasteiger partial charge on any atom is 1.00 e. The van der Waals surface area contributed by atoms with Crippen LogP contribution in [-0.4, -0.2) is 244 Å². The molecule has 0 saturated carbocycles. The van der Waals surface area contributed by atoms with Crippen LogP contribution in [0.2, 0.25) is 0 Å². The number of nitroso groups, excluding NO2 is 1. The van der Waals surface area contributed by atoms with Gasteiger partial charge in [-0.3, -0.25) is 18.2 Å². The number of hydrogen-bond donors (Lipinski definition) is 14. The van der Waals surface area contributed by atoms with Crippen molar-refractivity contribution in [3.8, 4) is 0 Å². The molecule has 8 aromatic carbocycles. The second kappa shape index (κ2) is 60.8. The molecule has 3 aliphatic rings. The normalized spacial score (nSPS) is 16.6. The van der Waals surface area contributed by atoms with Gasteiger partial charge in [-0.15, -0.1) is 21.8 Å². The molecule has 42 heteroatoms. The Morgan fingerprint density at radius 1 is 0.409 bits per heavy atom. The molecular formula is C95H143ClN7NaO29S4. The van der Waals surface area contributed by atoms with Crippen LogP contribution in [0.25, 0.3) is 21.5 Å². The molecule has 8 aromatic rings. The number of hydrogen-bond acceptors (Lipinski definition) is 32. The van der Waals surface area contributed by atoms with Gasteiger partial charge in [0.15, 0.2) is 17.4 Å². The van der Waals surface area contributed by atoms with Crippen molar-refractivity contribution in [1.29, 1.82) is 0 Å². The molecule has 7 unspecified atom stereocenters. The van der Waals surface area contributed by atoms with Crippen LogP contribution < -0.4 is 55.7 Å². The fourth-order valence-corrected chi connectivity index (χ4v) is 17.1. The molecule has 3 saturated heterocycles. The number of aliphatic hydroxyl groups is 8. The van der Waals surface area contributed by atoms with E-state index in [9.17, 15) is 59.0 Å². The minimum absolute atomic E-state index is 0. The van der Waals surface area contributed by atoms with Gasteiger partial charge in [-0.1, -0.05) is 142 Å². The van der Waals surface area contributed by atoms with E-state index >= 15 is 0 Å². The summed E-state index contributed by atoms with van der Waals surface area (Å²) >= 11 is 5.54. The average molecular weight is 2030 g/mol. The number of rotatable bonds is 36. The van der Waals surface area contributed by atoms with Gasteiger partial charge >= 0.3 is 29.6 Å². The van der Waals surface area contributed by atoms with Gasteiger partial charge in [0.05, 0.1) is 89.0 Å². The minimum Gasteiger partial charge on any atom is -0.444 e. The molecule has 3 fully saturated rings. The number of fused-ring (bicyclic) bond motifs is 2. The summed E-state index contributed by atoms with van der Waals surface area (Å²) in [5.41, 5.74) is 21.2. The van der Waals surface area contributed by atoms with E-state index in [1.54, 1.807) is 12.1 Å². The van der Waals surface area contributed by atoms with E-state index < -0.39 is 102 Å². The first kappa shape index (κ1) is 126. The zero-order valence-electron chi connectivity index (χ0n) is 81.4. The third-order valence-corrected chi connectivity index (χ3v) is 25.1. The number of alkyl halides is 1. The molecule has 764 valence electrons. The molecule has 36 nitrogen and oxygen atoms in total. The second-order valence-electron chi connectivity index (χ2n) is 34.6. The van der Waals surface area contributed by atoms with Crippen molar-refractivity contribution in [3.05, 3.63) is 195 Å². The van der Waals surface area contributed by atoms with E-state index in [4.69, 9.17) is 100 Å². The number of anilines is 5. The van der Waals surface area contributed by atoms with E-state index in [1.165, 1.54) is 65.3 Å². The summed E-state index contributed by atoms with van der Waals surface area (Å²) in [7, 11) is -17.9. The predicted molar refractivity (Wildman–Crippen MR) is 531 cm³/mol. The van der Waals surface area contributed by atoms with Gasteiger partial charge in [0.2, 0.25) is 0 Å². The summed E-state index contributed by atoms with van der Waals surface area (Å²) in [4.78, 5) is 23.7. The third-order valence-electron chi connectivity index (χ3n) is 21.3. The Morgan fingerprint density at radius 3 is 0.964 bits per heavy atom. The number of nitrogen functional groups attached to an aromatic ring is 2. The maximum absolute atomic E-state index is 11.2. The molecule has 0 radical (unpaired) electrons. The molecule has 3 aliphatic heterocycles. The van der Waals surface area contributed by atoms with Crippen LogP contribution in [0.15, 0.2) is 188 Å². The van der Waals surface area contributed by atoms with E-state index in [0.29, 0.717) is 101 Å². The Labute approximate surface area is 834 Å². The molecule has 16 N–H and O–H groups in total. The monoisotopic (exact) mass is 2030 g/mol. The zero-order valence-corrected chi connectivity index (χ0v) is 87.4. The van der Waals surface area contributed by atoms with Crippen LogP contribution in [0, 0.1) is 15.0 Å². The minimum atomic E-state index is -4.47. The van der Waals surface area contributed by atoms with Crippen molar-refractivity contribution in [2.24, 2.45) is 10.5 Å². The van der Waals surface area contributed by atoms with Gasteiger partial charge < -0.3 is 106 Å². The Bertz CT molecular complexity index is 5080. The smallest absolute Gasteiger partial charge is 0.444 e. The first-order valence-corrected chi connectivity index (χ1v) is 51.0. The molecule has 0 spiro atoms. The SMILES string of the molecule is CC.CC(C)c1cc(N(CCC(O)CO)CCC(O)CO)ccc1N.CC(C)c1cc(N(CCC(O)CO)CCC(O)CO)ccc1N=O.CC(C)c1cccc(N(CCC2COC(C)(C)O2)CCC2COC(C)(C)O2)c1.CC(C)c1cccc(N)c1.CC1(C)OCC(CCCl)O1.O=N[O-].O=S(=O)(O)c1cccc2c(S(=O)(=O)O)cccc12.O=S(=O)(O)c1cccc2c(S(=O)(=O)O)cccc12.[Na+]. The van der Waals surface area contributed by atoms with Crippen LogP contribution in [0.5, 0.6) is 0 Å². The van der Waals surface area contributed by atoms with E-state index in [1.807, 2.05) is 122 Å². The molecule has 0 bridgehead atoms. The molecule has 0 aromatic heterocycles. The van der Waals surface area contributed by atoms with Crippen molar-refractivity contribution in [2.75, 3.05) is 118 Å². The molecule has 137 heavy (non-hydrogen) atoms. The summed E-state index contributed by atoms with van der Waals surface area (Å²) in [5.74, 6) is 0.834. The Hall–Kier alpha value is -7.35. The number of nitrogens with zero attached hydrogens (tertiary/aromatic N) is 5. The van der Waals surface area contributed by atoms with Gasteiger partial charge in [-0.25, -0.2) is 0 Å². The predicted octanol–water partition coefficient (Wildman–Crippen LogP) is 12.0. The average Bonchev–Trinajstić information content (AvgIpc) is 0.851. The van der Waals surface area contributed by atoms with Crippen LogP contribution in [0.3, 0.4) is 0 Å². The van der Waals surface area contributed by atoms with Crippen molar-refractivity contribution >= 4 is 108 Å². The molecule has 7 atom stereocenters. The number of halogens is 1. The molecule has 0 amide bonds. The molecule has 3 heterocycles. The van der Waals surface area contributed by atoms with Crippen molar-refractivity contribution in [3.63, 3.8) is 0 Å². The van der Waals surface area contributed by atoms with E-state index in [-0.39, 0.29) is 102 Å². The van der Waals surface area contributed by atoms with Gasteiger partial charge in [0, 0.05) is 95.1 Å². The second-order valence-corrected chi connectivity index (χ2v) is 40.5. The third kappa shape index (κ3) is 44.8. The van der Waals surface area contributed by atoms with Gasteiger partial charge in [-0.2, -0.15) is 33.7 Å². The first-order valence-electron chi connectivity index (χ1n) is 44.7. The number of benzene rings is 8. The summed E-state index contributed by atoms with van der Waals surface area (Å²) in [6.45, 7) is 37.4. The fraction of sp³-hybridized carbons (Fsp3) is 0.537. The molecule has 11 rings (SSSR count). The van der Waals surface area contributed by atoms with E-state index in [0.717, 1.165) is 95.8 Å². The summed E-state index contributed by atoms with van der Waals surface area (Å²) in [6, 6.07) is 43.1. The van der Waals surface area contributed by atoms with Crippen molar-refractivity contribution in [2.45, 2.75) is 259 Å². The van der Waals surface area contributed by atoms with Gasteiger partial charge in [0.25, 0.3) is 40.5 Å². The van der Waals surface area contributed by atoms with Crippen molar-refractivity contribution < 1.29 is 151 Å². The van der Waals surface area contributed by atoms with Gasteiger partial charge in [0.1, 0.15) is 25.3 Å². The van der Waals surface area contributed by atoms with Crippen LogP contribution in [-0.2, 0) is 68.9 Å². The molecule has 0 aliphatic carbocycles. The van der Waals surface area contributed by atoms with Crippen LogP contribution >= 0.6 is 11.6 Å². The van der Waals surface area contributed by atoms with Gasteiger partial charge in [-0.05, 0) is 223 Å². The molecular weight excluding hydrogens is 1890 g/mol.